The monoisotopic (exact) mass is 285 g/mol. The summed E-state index contributed by atoms with van der Waals surface area (Å²) in [6, 6.07) is 0. The molecule has 0 saturated carbocycles. The van der Waals surface area contributed by atoms with Gasteiger partial charge in [-0.2, -0.15) is 0 Å². The molecule has 0 bridgehead atoms. The number of thiophene rings is 1. The third-order valence-corrected chi connectivity index (χ3v) is 3.98. The summed E-state index contributed by atoms with van der Waals surface area (Å²) in [6.07, 6.45) is 0. The Bertz CT molecular complexity index is 481. The van der Waals surface area contributed by atoms with Gasteiger partial charge in [0.05, 0.1) is 19.3 Å². The van der Waals surface area contributed by atoms with Gasteiger partial charge in [-0.25, -0.2) is 9.59 Å². The van der Waals surface area contributed by atoms with Crippen LogP contribution in [-0.2, 0) is 9.47 Å². The van der Waals surface area contributed by atoms with Crippen LogP contribution in [0, 0.1) is 6.92 Å². The minimum Gasteiger partial charge on any atom is -0.465 e. The lowest BCUT2D eigenvalue weighted by molar-refractivity contribution is 0.0504. The Labute approximate surface area is 117 Å². The summed E-state index contributed by atoms with van der Waals surface area (Å²) in [7, 11) is 3.17. The van der Waals surface area contributed by atoms with Gasteiger partial charge in [0.25, 0.3) is 0 Å². The first-order valence-electron chi connectivity index (χ1n) is 6.07. The highest BCUT2D eigenvalue weighted by molar-refractivity contribution is 7.17. The van der Waals surface area contributed by atoms with Crippen LogP contribution in [0.5, 0.6) is 0 Å². The zero-order valence-electron chi connectivity index (χ0n) is 11.9. The number of carbonyl (C=O) groups is 2. The lowest BCUT2D eigenvalue weighted by atomic mass is 10.1. The summed E-state index contributed by atoms with van der Waals surface area (Å²) in [5, 5.41) is 0.731. The molecule has 0 N–H and O–H groups in total. The molecule has 5 nitrogen and oxygen atoms in total. The third kappa shape index (κ3) is 3.07. The molecule has 1 rings (SSSR count). The van der Waals surface area contributed by atoms with Gasteiger partial charge in [-0.05, 0) is 20.8 Å². The van der Waals surface area contributed by atoms with E-state index in [1.54, 1.807) is 13.8 Å². The van der Waals surface area contributed by atoms with Crippen molar-refractivity contribution in [2.24, 2.45) is 0 Å². The maximum atomic E-state index is 12.0. The quantitative estimate of drug-likeness (QED) is 0.778. The van der Waals surface area contributed by atoms with Gasteiger partial charge in [0.2, 0.25) is 0 Å². The van der Waals surface area contributed by atoms with Crippen molar-refractivity contribution in [3.05, 3.63) is 16.0 Å². The van der Waals surface area contributed by atoms with E-state index < -0.39 is 11.9 Å². The fourth-order valence-corrected chi connectivity index (χ4v) is 2.83. The van der Waals surface area contributed by atoms with E-state index in [0.717, 1.165) is 16.4 Å². The van der Waals surface area contributed by atoms with Crippen molar-refractivity contribution in [3.63, 3.8) is 0 Å². The molecule has 0 aliphatic rings. The highest BCUT2D eigenvalue weighted by Crippen LogP contribution is 2.36. The molecule has 6 heteroatoms. The number of esters is 2. The average Bonchev–Trinajstić information content (AvgIpc) is 2.74. The standard InChI is InChI=1S/C13H19NO4S/c1-6-14(4)11-10(12(15)17-5)9(8(3)19-11)13(16)18-7-2/h6-7H2,1-5H3. The molecular formula is C13H19NO4S. The Kier molecular flexibility index (Phi) is 5.35. The first-order chi connectivity index (χ1) is 8.97. The zero-order chi connectivity index (χ0) is 14.6. The van der Waals surface area contributed by atoms with Crippen LogP contribution in [0.3, 0.4) is 0 Å². The van der Waals surface area contributed by atoms with Gasteiger partial charge in [-0.15, -0.1) is 11.3 Å². The van der Waals surface area contributed by atoms with Crippen LogP contribution < -0.4 is 4.90 Å². The second-order valence-corrected chi connectivity index (χ2v) is 5.14. The second kappa shape index (κ2) is 6.56. The molecule has 0 saturated heterocycles. The largest absolute Gasteiger partial charge is 0.465 e. The van der Waals surface area contributed by atoms with Crippen molar-refractivity contribution in [2.75, 3.05) is 32.2 Å². The SMILES string of the molecule is CCOC(=O)c1c(C)sc(N(C)CC)c1C(=O)OC. The Morgan fingerprint density at radius 1 is 1.21 bits per heavy atom. The molecule has 0 atom stereocenters. The van der Waals surface area contributed by atoms with E-state index in [1.807, 2.05) is 18.9 Å². The van der Waals surface area contributed by atoms with Crippen LogP contribution in [-0.4, -0.2) is 39.2 Å². The molecule has 0 radical (unpaired) electrons. The number of nitrogens with zero attached hydrogens (tertiary/aromatic N) is 1. The molecule has 0 amide bonds. The summed E-state index contributed by atoms with van der Waals surface area (Å²) in [5.74, 6) is -0.991. The molecule has 1 aromatic rings. The average molecular weight is 285 g/mol. The highest BCUT2D eigenvalue weighted by Gasteiger charge is 2.29. The van der Waals surface area contributed by atoms with Crippen molar-refractivity contribution in [1.29, 1.82) is 0 Å². The van der Waals surface area contributed by atoms with Crippen LogP contribution in [0.1, 0.15) is 39.4 Å². The summed E-state index contributed by atoms with van der Waals surface area (Å²) in [6.45, 7) is 6.51. The number of ether oxygens (including phenoxy) is 2. The Morgan fingerprint density at radius 2 is 1.84 bits per heavy atom. The summed E-state index contributed by atoms with van der Waals surface area (Å²) in [5.41, 5.74) is 0.613. The third-order valence-electron chi connectivity index (χ3n) is 2.76. The van der Waals surface area contributed by atoms with E-state index in [1.165, 1.54) is 18.4 Å². The Hall–Kier alpha value is -1.56. The van der Waals surface area contributed by atoms with Crippen molar-refractivity contribution in [2.45, 2.75) is 20.8 Å². The molecule has 106 valence electrons. The Balaban J connectivity index is 3.40. The van der Waals surface area contributed by atoms with E-state index in [4.69, 9.17) is 9.47 Å². The zero-order valence-corrected chi connectivity index (χ0v) is 12.7. The highest BCUT2D eigenvalue weighted by atomic mass is 32.1. The van der Waals surface area contributed by atoms with Crippen molar-refractivity contribution in [3.8, 4) is 0 Å². The van der Waals surface area contributed by atoms with Gasteiger partial charge >= 0.3 is 11.9 Å². The van der Waals surface area contributed by atoms with Gasteiger partial charge in [-0.1, -0.05) is 0 Å². The molecule has 1 aromatic heterocycles. The molecule has 0 unspecified atom stereocenters. The molecule has 19 heavy (non-hydrogen) atoms. The minimum absolute atomic E-state index is 0.272. The van der Waals surface area contributed by atoms with Crippen LogP contribution in [0.4, 0.5) is 5.00 Å². The predicted octanol–water partition coefficient (Wildman–Crippen LogP) is 2.48. The Morgan fingerprint density at radius 3 is 2.32 bits per heavy atom. The van der Waals surface area contributed by atoms with Gasteiger partial charge < -0.3 is 14.4 Å². The number of hydrogen-bond donors (Lipinski definition) is 0. The molecule has 0 aliphatic carbocycles. The molecular weight excluding hydrogens is 266 g/mol. The maximum absolute atomic E-state index is 12.0. The van der Waals surface area contributed by atoms with E-state index in [0.29, 0.717) is 11.1 Å². The van der Waals surface area contributed by atoms with Crippen molar-refractivity contribution in [1.82, 2.24) is 0 Å². The topological polar surface area (TPSA) is 55.8 Å². The fourth-order valence-electron chi connectivity index (χ4n) is 1.68. The number of carbonyl (C=O) groups excluding carboxylic acids is 2. The van der Waals surface area contributed by atoms with Crippen LogP contribution in [0.25, 0.3) is 0 Å². The van der Waals surface area contributed by atoms with E-state index in [-0.39, 0.29) is 6.61 Å². The summed E-state index contributed by atoms with van der Waals surface area (Å²) >= 11 is 1.40. The number of hydrogen-bond acceptors (Lipinski definition) is 6. The number of anilines is 1. The molecule has 1 heterocycles. The van der Waals surface area contributed by atoms with Gasteiger partial charge in [-0.3, -0.25) is 0 Å². The van der Waals surface area contributed by atoms with Crippen LogP contribution >= 0.6 is 11.3 Å². The molecule has 0 spiro atoms. The smallest absolute Gasteiger partial charge is 0.341 e. The maximum Gasteiger partial charge on any atom is 0.341 e. The lowest BCUT2D eigenvalue weighted by Gasteiger charge is -2.16. The fraction of sp³-hybridized carbons (Fsp3) is 0.538. The molecule has 0 aliphatic heterocycles. The van der Waals surface area contributed by atoms with Gasteiger partial charge in [0.1, 0.15) is 10.6 Å². The predicted molar refractivity (Wildman–Crippen MR) is 75.3 cm³/mol. The van der Waals surface area contributed by atoms with Crippen molar-refractivity contribution >= 4 is 28.3 Å². The van der Waals surface area contributed by atoms with E-state index in [2.05, 4.69) is 0 Å². The van der Waals surface area contributed by atoms with Gasteiger partial charge in [0.15, 0.2) is 0 Å². The molecule has 0 fully saturated rings. The van der Waals surface area contributed by atoms with E-state index in [9.17, 15) is 9.59 Å². The molecule has 0 aromatic carbocycles. The number of methoxy groups -OCH3 is 1. The van der Waals surface area contributed by atoms with Crippen LogP contribution in [0.15, 0.2) is 0 Å². The second-order valence-electron chi connectivity index (χ2n) is 3.94. The lowest BCUT2D eigenvalue weighted by Crippen LogP contribution is -2.19. The normalized spacial score (nSPS) is 10.2. The van der Waals surface area contributed by atoms with E-state index >= 15 is 0 Å². The first-order valence-corrected chi connectivity index (χ1v) is 6.89. The van der Waals surface area contributed by atoms with Crippen molar-refractivity contribution < 1.29 is 19.1 Å². The van der Waals surface area contributed by atoms with Gasteiger partial charge in [0, 0.05) is 18.5 Å². The number of rotatable bonds is 5. The first kappa shape index (κ1) is 15.5. The number of aryl methyl sites for hydroxylation is 1. The summed E-state index contributed by atoms with van der Waals surface area (Å²) < 4.78 is 9.80. The summed E-state index contributed by atoms with van der Waals surface area (Å²) in [4.78, 5) is 26.6. The minimum atomic E-state index is -0.511. The van der Waals surface area contributed by atoms with Crippen LogP contribution in [0.2, 0.25) is 0 Å².